The van der Waals surface area contributed by atoms with Gasteiger partial charge in [-0.25, -0.2) is 0 Å². The van der Waals surface area contributed by atoms with Gasteiger partial charge in [-0.3, -0.25) is 4.79 Å². The van der Waals surface area contributed by atoms with Crippen LogP contribution in [0.25, 0.3) is 0 Å². The van der Waals surface area contributed by atoms with Crippen molar-refractivity contribution in [1.82, 2.24) is 5.32 Å². The van der Waals surface area contributed by atoms with Gasteiger partial charge in [0.1, 0.15) is 6.61 Å². The van der Waals surface area contributed by atoms with Crippen molar-refractivity contribution in [3.8, 4) is 0 Å². The lowest BCUT2D eigenvalue weighted by atomic mass is 10.0. The lowest BCUT2D eigenvalue weighted by Crippen LogP contribution is -2.33. The molecule has 0 aromatic rings. The fraction of sp³-hybridized carbons (Fsp3) is 0.973. The number of carbonyl (C=O) groups excluding carboxylic acids is 1. The highest BCUT2D eigenvalue weighted by Crippen LogP contribution is 2.14. The topological polar surface area (TPSA) is 103 Å². The molecule has 1 rings (SSSR count). The van der Waals surface area contributed by atoms with Gasteiger partial charge in [0.25, 0.3) is 0 Å². The first-order chi connectivity index (χ1) is 23.3. The van der Waals surface area contributed by atoms with Crippen molar-refractivity contribution >= 4 is 5.97 Å². The minimum absolute atomic E-state index is 0.123. The molecule has 0 aromatic heterocycles. The fourth-order valence-corrected chi connectivity index (χ4v) is 5.36. The van der Waals surface area contributed by atoms with E-state index in [9.17, 15) is 4.79 Å². The van der Waals surface area contributed by atoms with Crippen LogP contribution in [0.1, 0.15) is 122 Å². The normalized spacial score (nSPS) is 13.8. The highest BCUT2D eigenvalue weighted by atomic mass is 16.6. The fourth-order valence-electron chi connectivity index (χ4n) is 5.36. The lowest BCUT2D eigenvalue weighted by molar-refractivity contribution is -0.145. The third kappa shape index (κ3) is 34.8. The van der Waals surface area contributed by atoms with Crippen molar-refractivity contribution in [2.75, 3.05) is 106 Å². The summed E-state index contributed by atoms with van der Waals surface area (Å²) in [6, 6.07) is 0. The largest absolute Gasteiger partial charge is 0.463 e. The Morgan fingerprint density at radius 2 is 0.809 bits per heavy atom. The second-order valence-corrected chi connectivity index (χ2v) is 12.4. The summed E-state index contributed by atoms with van der Waals surface area (Å²) in [4.78, 5) is 11.9. The number of hydrogen-bond donors (Lipinski definition) is 1. The monoisotopic (exact) mass is 676 g/mol. The third-order valence-electron chi connectivity index (χ3n) is 8.20. The first kappa shape index (κ1) is 44.2. The van der Waals surface area contributed by atoms with Crippen LogP contribution in [0.3, 0.4) is 0 Å². The number of unbranched alkanes of at least 4 members (excludes halogenated alkanes) is 14. The van der Waals surface area contributed by atoms with Gasteiger partial charge in [0, 0.05) is 6.42 Å². The zero-order chi connectivity index (χ0) is 33.6. The summed E-state index contributed by atoms with van der Waals surface area (Å²) in [6.45, 7) is 11.5. The van der Waals surface area contributed by atoms with Crippen molar-refractivity contribution in [2.45, 2.75) is 129 Å². The van der Waals surface area contributed by atoms with E-state index >= 15 is 0 Å². The summed E-state index contributed by atoms with van der Waals surface area (Å²) < 4.78 is 44.1. The number of nitrogens with one attached hydrogen (secondary N) is 1. The molecule has 280 valence electrons. The standard InChI is InChI=1S/C37H73NO9/c1-2-3-4-5-6-7-8-9-10-11-12-13-14-15-16-17-37(39)47-35-33-45-31-29-43-27-25-41-23-22-40-24-26-42-28-30-44-32-34-46-36-18-20-38-21-19-36/h36,38H,2-35H2,1H3. The van der Waals surface area contributed by atoms with Crippen LogP contribution < -0.4 is 5.32 Å². The molecule has 0 spiro atoms. The van der Waals surface area contributed by atoms with Gasteiger partial charge in [0.15, 0.2) is 0 Å². The molecule has 0 saturated carbocycles. The molecule has 1 heterocycles. The Morgan fingerprint density at radius 1 is 0.468 bits per heavy atom. The van der Waals surface area contributed by atoms with Crippen molar-refractivity contribution in [3.05, 3.63) is 0 Å². The van der Waals surface area contributed by atoms with Gasteiger partial charge >= 0.3 is 5.97 Å². The maximum absolute atomic E-state index is 11.9. The molecule has 1 fully saturated rings. The van der Waals surface area contributed by atoms with Gasteiger partial charge in [0.2, 0.25) is 0 Å². The number of esters is 1. The zero-order valence-electron chi connectivity index (χ0n) is 30.3. The van der Waals surface area contributed by atoms with Crippen LogP contribution >= 0.6 is 0 Å². The Kier molecular flexibility index (Phi) is 35.7. The second-order valence-electron chi connectivity index (χ2n) is 12.4. The minimum atomic E-state index is -0.123. The average molecular weight is 676 g/mol. The zero-order valence-corrected chi connectivity index (χ0v) is 30.3. The number of ether oxygens (including phenoxy) is 8. The Morgan fingerprint density at radius 3 is 1.21 bits per heavy atom. The molecule has 0 bridgehead atoms. The summed E-state index contributed by atoms with van der Waals surface area (Å²) >= 11 is 0. The summed E-state index contributed by atoms with van der Waals surface area (Å²) in [7, 11) is 0. The maximum Gasteiger partial charge on any atom is 0.305 e. The Balaban J connectivity index is 1.64. The smallest absolute Gasteiger partial charge is 0.305 e. The van der Waals surface area contributed by atoms with Gasteiger partial charge in [-0.2, -0.15) is 0 Å². The second kappa shape index (κ2) is 38.0. The molecule has 0 aromatic carbocycles. The van der Waals surface area contributed by atoms with E-state index in [4.69, 9.17) is 37.9 Å². The molecule has 0 atom stereocenters. The van der Waals surface area contributed by atoms with Crippen LogP contribution in [0.2, 0.25) is 0 Å². The maximum atomic E-state index is 11.9. The molecule has 1 aliphatic heterocycles. The van der Waals surface area contributed by atoms with Crippen LogP contribution in [-0.2, 0) is 42.7 Å². The van der Waals surface area contributed by atoms with Gasteiger partial charge in [-0.05, 0) is 32.4 Å². The number of carbonyl (C=O) groups is 1. The molecule has 47 heavy (non-hydrogen) atoms. The van der Waals surface area contributed by atoms with E-state index in [-0.39, 0.29) is 5.97 Å². The summed E-state index contributed by atoms with van der Waals surface area (Å²) in [6.07, 6.45) is 22.9. The van der Waals surface area contributed by atoms with E-state index in [0.29, 0.717) is 105 Å². The first-order valence-electron chi connectivity index (χ1n) is 19.3. The quantitative estimate of drug-likeness (QED) is 0.0565. The number of rotatable bonds is 38. The van der Waals surface area contributed by atoms with Crippen LogP contribution in [0.4, 0.5) is 0 Å². The SMILES string of the molecule is CCCCCCCCCCCCCCCCCC(=O)OCCOCCOCCOCCOCCOCCOCCOC1CCNCC1. The first-order valence-corrected chi connectivity index (χ1v) is 19.3. The Bertz CT molecular complexity index is 623. The van der Waals surface area contributed by atoms with E-state index in [1.165, 1.54) is 83.5 Å². The third-order valence-corrected chi connectivity index (χ3v) is 8.20. The number of hydrogen-bond acceptors (Lipinski definition) is 10. The highest BCUT2D eigenvalue weighted by Gasteiger charge is 2.12. The van der Waals surface area contributed by atoms with Crippen molar-refractivity contribution in [1.29, 1.82) is 0 Å². The van der Waals surface area contributed by atoms with Crippen molar-refractivity contribution in [2.24, 2.45) is 0 Å². The average Bonchev–Trinajstić information content (AvgIpc) is 3.09. The van der Waals surface area contributed by atoms with Gasteiger partial charge < -0.3 is 43.2 Å². The predicted molar refractivity (Wildman–Crippen MR) is 187 cm³/mol. The van der Waals surface area contributed by atoms with Gasteiger partial charge in [-0.15, -0.1) is 0 Å². The van der Waals surface area contributed by atoms with Crippen LogP contribution in [0.5, 0.6) is 0 Å². The van der Waals surface area contributed by atoms with E-state index in [1.54, 1.807) is 0 Å². The van der Waals surface area contributed by atoms with E-state index in [1.807, 2.05) is 0 Å². The molecule has 1 aliphatic rings. The molecule has 0 amide bonds. The molecule has 10 heteroatoms. The molecule has 0 aliphatic carbocycles. The van der Waals surface area contributed by atoms with Crippen molar-refractivity contribution in [3.63, 3.8) is 0 Å². The Labute approximate surface area is 287 Å². The van der Waals surface area contributed by atoms with Crippen LogP contribution in [0, 0.1) is 0 Å². The molecule has 0 unspecified atom stereocenters. The van der Waals surface area contributed by atoms with E-state index in [0.717, 1.165) is 38.8 Å². The molecular weight excluding hydrogens is 602 g/mol. The van der Waals surface area contributed by atoms with E-state index < -0.39 is 0 Å². The molecule has 0 radical (unpaired) electrons. The predicted octanol–water partition coefficient (Wildman–Crippen LogP) is 6.66. The Hall–Kier alpha value is -0.850. The molecule has 1 N–H and O–H groups in total. The summed E-state index contributed by atoms with van der Waals surface area (Å²) in [5.41, 5.74) is 0. The minimum Gasteiger partial charge on any atom is -0.463 e. The summed E-state index contributed by atoms with van der Waals surface area (Å²) in [5.74, 6) is -0.123. The van der Waals surface area contributed by atoms with Crippen LogP contribution in [-0.4, -0.2) is 118 Å². The molecule has 1 saturated heterocycles. The highest BCUT2D eigenvalue weighted by molar-refractivity contribution is 5.69. The molecular formula is C37H73NO9. The lowest BCUT2D eigenvalue weighted by Gasteiger charge is -2.22. The number of piperidine rings is 1. The van der Waals surface area contributed by atoms with Crippen molar-refractivity contribution < 1.29 is 42.7 Å². The molecule has 10 nitrogen and oxygen atoms in total. The van der Waals surface area contributed by atoms with Gasteiger partial charge in [0.05, 0.1) is 92.0 Å². The van der Waals surface area contributed by atoms with Crippen LogP contribution in [0.15, 0.2) is 0 Å². The van der Waals surface area contributed by atoms with E-state index in [2.05, 4.69) is 12.2 Å². The summed E-state index contributed by atoms with van der Waals surface area (Å²) in [5, 5.41) is 3.33. The van der Waals surface area contributed by atoms with Gasteiger partial charge in [-0.1, -0.05) is 96.8 Å².